The minimum atomic E-state index is -0.0870. The van der Waals surface area contributed by atoms with E-state index in [4.69, 9.17) is 5.26 Å². The summed E-state index contributed by atoms with van der Waals surface area (Å²) in [4.78, 5) is 18.1. The molecule has 0 radical (unpaired) electrons. The molecule has 1 aromatic carbocycles. The van der Waals surface area contributed by atoms with Gasteiger partial charge < -0.3 is 9.88 Å². The van der Waals surface area contributed by atoms with E-state index < -0.39 is 0 Å². The predicted octanol–water partition coefficient (Wildman–Crippen LogP) is 3.04. The Bertz CT molecular complexity index is 871. The van der Waals surface area contributed by atoms with Crippen molar-refractivity contribution in [3.8, 4) is 11.8 Å². The number of carbonyl (C=O) groups excluding carboxylic acids is 1. The lowest BCUT2D eigenvalue weighted by atomic mass is 10.2. The van der Waals surface area contributed by atoms with Crippen LogP contribution >= 0.6 is 11.3 Å². The van der Waals surface area contributed by atoms with Gasteiger partial charge in [0.05, 0.1) is 35.1 Å². The first kappa shape index (κ1) is 15.0. The first-order valence-electron chi connectivity index (χ1n) is 7.04. The van der Waals surface area contributed by atoms with Crippen molar-refractivity contribution >= 4 is 17.2 Å². The molecule has 0 aliphatic carbocycles. The van der Waals surface area contributed by atoms with E-state index in [0.29, 0.717) is 17.0 Å². The second-order valence-corrected chi connectivity index (χ2v) is 6.31. The smallest absolute Gasteiger partial charge is 0.261 e. The van der Waals surface area contributed by atoms with Gasteiger partial charge in [-0.25, -0.2) is 4.98 Å². The van der Waals surface area contributed by atoms with Gasteiger partial charge in [0.15, 0.2) is 0 Å². The monoisotopic (exact) mass is 322 g/mol. The van der Waals surface area contributed by atoms with Gasteiger partial charge >= 0.3 is 0 Å². The van der Waals surface area contributed by atoms with Crippen LogP contribution in [0.25, 0.3) is 5.69 Å². The maximum atomic E-state index is 12.0. The van der Waals surface area contributed by atoms with Crippen LogP contribution in [-0.4, -0.2) is 15.5 Å². The Hall–Kier alpha value is -2.91. The van der Waals surface area contributed by atoms with Crippen molar-refractivity contribution in [3.63, 3.8) is 0 Å². The normalized spacial score (nSPS) is 10.3. The van der Waals surface area contributed by atoms with Gasteiger partial charge in [-0.05, 0) is 43.3 Å². The minimum absolute atomic E-state index is 0.0870. The first-order valence-corrected chi connectivity index (χ1v) is 7.85. The van der Waals surface area contributed by atoms with Gasteiger partial charge in [0.2, 0.25) is 0 Å². The second-order valence-electron chi connectivity index (χ2n) is 5.02. The molecule has 2 aromatic heterocycles. The number of imidazole rings is 1. The van der Waals surface area contributed by atoms with E-state index in [1.165, 1.54) is 11.3 Å². The van der Waals surface area contributed by atoms with E-state index in [2.05, 4.69) is 16.4 Å². The molecule has 3 rings (SSSR count). The zero-order valence-corrected chi connectivity index (χ0v) is 13.3. The Morgan fingerprint density at radius 3 is 2.74 bits per heavy atom. The predicted molar refractivity (Wildman–Crippen MR) is 88.5 cm³/mol. The number of amides is 1. The molecule has 114 valence electrons. The lowest BCUT2D eigenvalue weighted by Gasteiger charge is -2.02. The Labute approximate surface area is 137 Å². The van der Waals surface area contributed by atoms with Crippen molar-refractivity contribution in [1.82, 2.24) is 14.9 Å². The summed E-state index contributed by atoms with van der Waals surface area (Å²) in [5, 5.41) is 11.7. The fourth-order valence-corrected chi connectivity index (χ4v) is 2.90. The van der Waals surface area contributed by atoms with Crippen LogP contribution in [0.3, 0.4) is 0 Å². The van der Waals surface area contributed by atoms with Gasteiger partial charge in [-0.3, -0.25) is 4.79 Å². The quantitative estimate of drug-likeness (QED) is 0.802. The zero-order valence-electron chi connectivity index (χ0n) is 12.5. The molecule has 0 atom stereocenters. The van der Waals surface area contributed by atoms with Gasteiger partial charge in [0.25, 0.3) is 5.91 Å². The average molecular weight is 322 g/mol. The number of carbonyl (C=O) groups is 1. The summed E-state index contributed by atoms with van der Waals surface area (Å²) < 4.78 is 1.86. The van der Waals surface area contributed by atoms with Crippen LogP contribution < -0.4 is 5.32 Å². The molecular formula is C17H14N4OS. The number of rotatable bonds is 4. The largest absolute Gasteiger partial charge is 0.346 e. The highest BCUT2D eigenvalue weighted by atomic mass is 32.1. The molecule has 2 heterocycles. The summed E-state index contributed by atoms with van der Waals surface area (Å²) >= 11 is 1.47. The number of aromatic nitrogens is 2. The van der Waals surface area contributed by atoms with E-state index >= 15 is 0 Å². The number of aryl methyl sites for hydroxylation is 1. The minimum Gasteiger partial charge on any atom is -0.346 e. The summed E-state index contributed by atoms with van der Waals surface area (Å²) in [5.74, 6) is -0.0870. The second kappa shape index (κ2) is 6.46. The van der Waals surface area contributed by atoms with Crippen LogP contribution in [0.1, 0.15) is 25.8 Å². The van der Waals surface area contributed by atoms with Crippen LogP contribution in [0, 0.1) is 18.3 Å². The molecule has 0 saturated heterocycles. The van der Waals surface area contributed by atoms with Crippen molar-refractivity contribution < 1.29 is 4.79 Å². The standard InChI is InChI=1S/C17H14N4OS/c1-12-2-7-16(23-12)17(22)19-9-14-10-21(11-20-14)15-5-3-13(8-18)4-6-15/h2-7,10-11H,9H2,1H3,(H,19,22). The van der Waals surface area contributed by atoms with Gasteiger partial charge in [-0.1, -0.05) is 0 Å². The SMILES string of the molecule is Cc1ccc(C(=O)NCc2cn(-c3ccc(C#N)cc3)cn2)s1. The molecule has 1 amide bonds. The highest BCUT2D eigenvalue weighted by Crippen LogP contribution is 2.15. The number of thiophene rings is 1. The maximum absolute atomic E-state index is 12.0. The van der Waals surface area contributed by atoms with Crippen molar-refractivity contribution in [3.05, 3.63) is 69.9 Å². The van der Waals surface area contributed by atoms with Crippen molar-refractivity contribution in [2.75, 3.05) is 0 Å². The number of hydrogen-bond acceptors (Lipinski definition) is 4. The summed E-state index contributed by atoms with van der Waals surface area (Å²) in [6.45, 7) is 2.35. The molecule has 0 aliphatic rings. The molecule has 0 spiro atoms. The first-order chi connectivity index (χ1) is 11.2. The third-order valence-corrected chi connectivity index (χ3v) is 4.32. The maximum Gasteiger partial charge on any atom is 0.261 e. The Balaban J connectivity index is 1.65. The third kappa shape index (κ3) is 3.47. The van der Waals surface area contributed by atoms with E-state index in [9.17, 15) is 4.79 Å². The number of hydrogen-bond donors (Lipinski definition) is 1. The van der Waals surface area contributed by atoms with Gasteiger partial charge in [-0.15, -0.1) is 11.3 Å². The lowest BCUT2D eigenvalue weighted by Crippen LogP contribution is -2.21. The summed E-state index contributed by atoms with van der Waals surface area (Å²) in [5.41, 5.74) is 2.31. The lowest BCUT2D eigenvalue weighted by molar-refractivity contribution is 0.0954. The average Bonchev–Trinajstić information content (AvgIpc) is 3.22. The molecule has 23 heavy (non-hydrogen) atoms. The number of nitrogens with zero attached hydrogens (tertiary/aromatic N) is 3. The van der Waals surface area contributed by atoms with Gasteiger partial charge in [0, 0.05) is 16.8 Å². The van der Waals surface area contributed by atoms with Crippen LogP contribution in [0.2, 0.25) is 0 Å². The molecule has 3 aromatic rings. The van der Waals surface area contributed by atoms with Gasteiger partial charge in [-0.2, -0.15) is 5.26 Å². The Morgan fingerprint density at radius 1 is 1.30 bits per heavy atom. The van der Waals surface area contributed by atoms with Gasteiger partial charge in [0.1, 0.15) is 0 Å². The molecule has 0 saturated carbocycles. The van der Waals surface area contributed by atoms with Crippen LogP contribution in [0.15, 0.2) is 48.9 Å². The van der Waals surface area contributed by atoms with E-state index in [1.807, 2.05) is 42.0 Å². The van der Waals surface area contributed by atoms with Crippen molar-refractivity contribution in [2.45, 2.75) is 13.5 Å². The highest BCUT2D eigenvalue weighted by Gasteiger charge is 2.08. The fraction of sp³-hybridized carbons (Fsp3) is 0.118. The van der Waals surface area contributed by atoms with Crippen molar-refractivity contribution in [2.24, 2.45) is 0 Å². The van der Waals surface area contributed by atoms with E-state index in [-0.39, 0.29) is 5.91 Å². The summed E-state index contributed by atoms with van der Waals surface area (Å²) in [6.07, 6.45) is 3.56. The Morgan fingerprint density at radius 2 is 2.09 bits per heavy atom. The highest BCUT2D eigenvalue weighted by molar-refractivity contribution is 7.13. The van der Waals surface area contributed by atoms with Crippen LogP contribution in [0.5, 0.6) is 0 Å². The molecule has 0 bridgehead atoms. The summed E-state index contributed by atoms with van der Waals surface area (Å²) in [7, 11) is 0. The van der Waals surface area contributed by atoms with Crippen LogP contribution in [-0.2, 0) is 6.54 Å². The van der Waals surface area contributed by atoms with Crippen LogP contribution in [0.4, 0.5) is 0 Å². The third-order valence-electron chi connectivity index (χ3n) is 3.32. The molecule has 0 unspecified atom stereocenters. The van der Waals surface area contributed by atoms with Crippen molar-refractivity contribution in [1.29, 1.82) is 5.26 Å². The molecule has 0 aliphatic heterocycles. The molecule has 0 fully saturated rings. The molecule has 1 N–H and O–H groups in total. The van der Waals surface area contributed by atoms with E-state index in [1.54, 1.807) is 18.5 Å². The number of nitrogens with one attached hydrogen (secondary N) is 1. The zero-order chi connectivity index (χ0) is 16.2. The summed E-state index contributed by atoms with van der Waals surface area (Å²) in [6, 6.07) is 13.1. The fourth-order valence-electron chi connectivity index (χ4n) is 2.12. The molecular weight excluding hydrogens is 308 g/mol. The number of nitriles is 1. The van der Waals surface area contributed by atoms with E-state index in [0.717, 1.165) is 16.3 Å². The molecule has 6 heteroatoms. The topological polar surface area (TPSA) is 70.7 Å². The molecule has 5 nitrogen and oxygen atoms in total. The Kier molecular flexibility index (Phi) is 4.22. The number of benzene rings is 1.